The van der Waals surface area contributed by atoms with Crippen LogP contribution in [-0.4, -0.2) is 54.4 Å². The van der Waals surface area contributed by atoms with E-state index in [4.69, 9.17) is 18.9 Å². The van der Waals surface area contributed by atoms with Crippen LogP contribution in [0.3, 0.4) is 0 Å². The van der Waals surface area contributed by atoms with E-state index in [0.29, 0.717) is 0 Å². The van der Waals surface area contributed by atoms with Gasteiger partial charge in [0.25, 0.3) is 15.6 Å². The molecule has 9 nitrogen and oxygen atoms in total. The summed E-state index contributed by atoms with van der Waals surface area (Å²) in [6, 6.07) is 16.6. The molecule has 2 aliphatic rings. The quantitative estimate of drug-likeness (QED) is 0.281. The molecule has 2 aromatic carbocycles. The van der Waals surface area contributed by atoms with E-state index in [1.165, 1.54) is 24.3 Å². The van der Waals surface area contributed by atoms with Crippen LogP contribution < -0.4 is 0 Å². The van der Waals surface area contributed by atoms with Crippen LogP contribution >= 0.6 is 0 Å². The minimum absolute atomic E-state index is 0.183. The largest absolute Gasteiger partial charge is 0.454 e. The molecule has 0 spiro atoms. The van der Waals surface area contributed by atoms with E-state index in [9.17, 15) is 18.7 Å². The van der Waals surface area contributed by atoms with Gasteiger partial charge in [-0.25, -0.2) is 8.42 Å². The number of carbonyl (C=O) groups excluding carboxylic acids is 1. The minimum Gasteiger partial charge on any atom is -0.360 e. The molecule has 0 saturated carbocycles. The van der Waals surface area contributed by atoms with Crippen LogP contribution in [0.15, 0.2) is 65.6 Å². The SMILES string of the molecule is CC1(C)O[C@@H]2[C@@H](OCc3ccccc3)O[C@H](C(=O)C(=[N+]=[N-])S(=O)(=O)c3ccccc3)[C@@H]2O1. The third kappa shape index (κ3) is 4.29. The molecule has 2 aromatic rings. The fraction of sp³-hybridized carbons (Fsp3) is 0.364. The summed E-state index contributed by atoms with van der Waals surface area (Å²) in [5.41, 5.74) is 10.3. The zero-order chi connectivity index (χ0) is 22.9. The van der Waals surface area contributed by atoms with Crippen molar-refractivity contribution in [2.45, 2.75) is 55.7 Å². The normalized spacial score (nSPS) is 26.3. The molecule has 2 fully saturated rings. The first kappa shape index (κ1) is 22.5. The second-order valence-corrected chi connectivity index (χ2v) is 9.74. The van der Waals surface area contributed by atoms with Gasteiger partial charge >= 0.3 is 5.04 Å². The first-order valence-electron chi connectivity index (χ1n) is 9.96. The first-order chi connectivity index (χ1) is 15.2. The van der Waals surface area contributed by atoms with Gasteiger partial charge in [-0.2, -0.15) is 0 Å². The third-order valence-electron chi connectivity index (χ3n) is 5.14. The molecule has 0 aromatic heterocycles. The summed E-state index contributed by atoms with van der Waals surface area (Å²) in [5, 5.41) is -1.04. The Kier molecular flexibility index (Phi) is 6.09. The Hall–Kier alpha value is -2.72. The molecule has 0 amide bonds. The maximum atomic E-state index is 13.2. The number of hydrogen-bond acceptors (Lipinski definition) is 7. The van der Waals surface area contributed by atoms with Crippen molar-refractivity contribution in [1.82, 2.24) is 0 Å². The standard InChI is InChI=1S/C22H22N2O7S/c1-22(2)30-18-17(16(25)20(24-23)32(26,27)15-11-7-4-8-12-15)29-21(19(18)31-22)28-13-14-9-5-3-6-10-14/h3-12,17-19,21H,13H2,1-2H3/t17-,18+,19+,21+/m1/s1. The first-order valence-corrected chi connectivity index (χ1v) is 11.4. The number of hydrogen-bond donors (Lipinski definition) is 0. The Balaban J connectivity index is 1.59. The van der Waals surface area contributed by atoms with E-state index in [-0.39, 0.29) is 11.5 Å². The molecule has 0 unspecified atom stereocenters. The number of carbonyl (C=O) groups is 1. The Morgan fingerprint density at radius 2 is 1.62 bits per heavy atom. The van der Waals surface area contributed by atoms with Crippen LogP contribution in [0, 0.1) is 0 Å². The summed E-state index contributed by atoms with van der Waals surface area (Å²) < 4.78 is 49.1. The Labute approximate surface area is 185 Å². The van der Waals surface area contributed by atoms with Crippen molar-refractivity contribution in [2.75, 3.05) is 0 Å². The molecule has 0 aliphatic carbocycles. The lowest BCUT2D eigenvalue weighted by Crippen LogP contribution is -2.42. The Morgan fingerprint density at radius 3 is 2.25 bits per heavy atom. The zero-order valence-electron chi connectivity index (χ0n) is 17.5. The molecule has 2 heterocycles. The van der Waals surface area contributed by atoms with E-state index in [0.717, 1.165) is 5.56 Å². The molecule has 0 bridgehead atoms. The van der Waals surface area contributed by atoms with Crippen molar-refractivity contribution in [3.8, 4) is 0 Å². The molecular formula is C22H22N2O7S. The number of nitrogens with zero attached hydrogens (tertiary/aromatic N) is 2. The van der Waals surface area contributed by atoms with Crippen LogP contribution in [0.25, 0.3) is 5.53 Å². The highest BCUT2D eigenvalue weighted by Crippen LogP contribution is 2.40. The van der Waals surface area contributed by atoms with Crippen LogP contribution in [0.4, 0.5) is 0 Å². The number of Topliss-reactive ketones (excluding diaryl/α,β-unsaturated/α-hetero) is 1. The molecule has 0 radical (unpaired) electrons. The predicted molar refractivity (Wildman–Crippen MR) is 111 cm³/mol. The average Bonchev–Trinajstić information content (AvgIpc) is 3.26. The van der Waals surface area contributed by atoms with E-state index in [1.807, 2.05) is 30.3 Å². The number of fused-ring (bicyclic) bond motifs is 1. The van der Waals surface area contributed by atoms with Crippen LogP contribution in [0.1, 0.15) is 19.4 Å². The topological polar surface area (TPSA) is 125 Å². The number of rotatable bonds is 6. The van der Waals surface area contributed by atoms with Crippen molar-refractivity contribution in [3.05, 3.63) is 71.8 Å². The summed E-state index contributed by atoms with van der Waals surface area (Å²) in [4.78, 5) is 15.8. The molecule has 32 heavy (non-hydrogen) atoms. The van der Waals surface area contributed by atoms with Crippen molar-refractivity contribution in [1.29, 1.82) is 0 Å². The maximum absolute atomic E-state index is 13.2. The molecule has 2 aliphatic heterocycles. The molecule has 0 N–H and O–H groups in total. The van der Waals surface area contributed by atoms with Gasteiger partial charge in [-0.1, -0.05) is 48.5 Å². The van der Waals surface area contributed by atoms with Crippen LogP contribution in [0.2, 0.25) is 0 Å². The zero-order valence-corrected chi connectivity index (χ0v) is 18.3. The summed E-state index contributed by atoms with van der Waals surface area (Å²) in [6.07, 6.45) is -4.11. The second-order valence-electron chi connectivity index (χ2n) is 7.87. The van der Waals surface area contributed by atoms with Gasteiger partial charge < -0.3 is 24.5 Å². The smallest absolute Gasteiger partial charge is 0.360 e. The van der Waals surface area contributed by atoms with Gasteiger partial charge in [0.2, 0.25) is 0 Å². The molecule has 2 saturated heterocycles. The van der Waals surface area contributed by atoms with E-state index >= 15 is 0 Å². The highest BCUT2D eigenvalue weighted by atomic mass is 32.2. The van der Waals surface area contributed by atoms with Gasteiger partial charge in [0.1, 0.15) is 12.2 Å². The van der Waals surface area contributed by atoms with Crippen LogP contribution in [0.5, 0.6) is 0 Å². The summed E-state index contributed by atoms with van der Waals surface area (Å²) in [5.74, 6) is -2.08. The molecule has 4 rings (SSSR count). The number of ether oxygens (including phenoxy) is 4. The molecular weight excluding hydrogens is 436 g/mol. The van der Waals surface area contributed by atoms with Crippen molar-refractivity contribution >= 4 is 20.7 Å². The van der Waals surface area contributed by atoms with E-state index < -0.39 is 51.1 Å². The lowest BCUT2D eigenvalue weighted by Gasteiger charge is -2.23. The average molecular weight is 458 g/mol. The van der Waals surface area contributed by atoms with Gasteiger partial charge in [0.05, 0.1) is 11.5 Å². The molecule has 4 atom stereocenters. The molecule has 10 heteroatoms. The van der Waals surface area contributed by atoms with Crippen molar-refractivity contribution < 1.29 is 36.9 Å². The summed E-state index contributed by atoms with van der Waals surface area (Å²) in [7, 11) is -4.38. The van der Waals surface area contributed by atoms with Gasteiger partial charge in [-0.15, -0.1) is 4.79 Å². The highest BCUT2D eigenvalue weighted by molar-refractivity contribution is 8.08. The van der Waals surface area contributed by atoms with Crippen molar-refractivity contribution in [3.63, 3.8) is 0 Å². The highest BCUT2D eigenvalue weighted by Gasteiger charge is 2.60. The summed E-state index contributed by atoms with van der Waals surface area (Å²) in [6.45, 7) is 3.52. The van der Waals surface area contributed by atoms with Gasteiger partial charge in [0, 0.05) is 0 Å². The lowest BCUT2D eigenvalue weighted by atomic mass is 10.1. The Bertz CT molecular complexity index is 1150. The van der Waals surface area contributed by atoms with E-state index in [2.05, 4.69) is 4.79 Å². The van der Waals surface area contributed by atoms with Gasteiger partial charge in [0.15, 0.2) is 18.2 Å². The van der Waals surface area contributed by atoms with E-state index in [1.54, 1.807) is 19.9 Å². The summed E-state index contributed by atoms with van der Waals surface area (Å²) >= 11 is 0. The lowest BCUT2D eigenvalue weighted by molar-refractivity contribution is -0.233. The second kappa shape index (κ2) is 8.67. The number of ketones is 1. The fourth-order valence-corrected chi connectivity index (χ4v) is 4.95. The van der Waals surface area contributed by atoms with Crippen molar-refractivity contribution in [2.24, 2.45) is 0 Å². The maximum Gasteiger partial charge on any atom is 0.454 e. The Morgan fingerprint density at radius 1 is 1.03 bits per heavy atom. The minimum atomic E-state index is -4.38. The van der Waals surface area contributed by atoms with Gasteiger partial charge in [-0.05, 0) is 31.5 Å². The molecule has 168 valence electrons. The number of benzene rings is 2. The predicted octanol–water partition coefficient (Wildman–Crippen LogP) is 2.12. The van der Waals surface area contributed by atoms with Crippen LogP contribution in [-0.2, 0) is 40.2 Å². The third-order valence-corrected chi connectivity index (χ3v) is 6.82. The fourth-order valence-electron chi connectivity index (χ4n) is 3.73. The van der Waals surface area contributed by atoms with Gasteiger partial charge in [-0.3, -0.25) is 4.79 Å². The number of sulfone groups is 1. The monoisotopic (exact) mass is 458 g/mol.